The number of carbonyl (C=O) groups is 1. The molecular weight excluding hydrogens is 258 g/mol. The van der Waals surface area contributed by atoms with Crippen LogP contribution in [0.1, 0.15) is 31.7 Å². The molecule has 1 aliphatic carbocycles. The predicted octanol–water partition coefficient (Wildman–Crippen LogP) is 2.44. The lowest BCUT2D eigenvalue weighted by atomic mass is 10.1. The van der Waals surface area contributed by atoms with Gasteiger partial charge in [-0.3, -0.25) is 4.79 Å². The topological polar surface area (TPSA) is 49.3 Å². The molecule has 2 N–H and O–H groups in total. The van der Waals surface area contributed by atoms with Crippen molar-refractivity contribution in [2.45, 2.75) is 25.5 Å². The summed E-state index contributed by atoms with van der Waals surface area (Å²) < 4.78 is 0. The predicted molar refractivity (Wildman–Crippen MR) is 75.4 cm³/mol. The van der Waals surface area contributed by atoms with E-state index in [4.69, 9.17) is 0 Å². The first-order chi connectivity index (χ1) is 9.15. The molecule has 19 heavy (non-hydrogen) atoms. The molecule has 1 aliphatic rings. The van der Waals surface area contributed by atoms with Crippen molar-refractivity contribution in [3.63, 3.8) is 0 Å². The van der Waals surface area contributed by atoms with Crippen LogP contribution < -0.4 is 5.32 Å². The molecule has 0 unspecified atom stereocenters. The van der Waals surface area contributed by atoms with E-state index < -0.39 is 6.10 Å². The number of fused-ring (bicyclic) bond motifs is 1. The van der Waals surface area contributed by atoms with Crippen molar-refractivity contribution in [3.8, 4) is 0 Å². The molecule has 2 aromatic rings. The fourth-order valence-electron chi connectivity index (χ4n) is 2.52. The van der Waals surface area contributed by atoms with E-state index in [2.05, 4.69) is 5.32 Å². The van der Waals surface area contributed by atoms with Crippen molar-refractivity contribution >= 4 is 17.2 Å². The molecule has 1 aromatic heterocycles. The van der Waals surface area contributed by atoms with Gasteiger partial charge in [-0.25, -0.2) is 0 Å². The first-order valence-electron chi connectivity index (χ1n) is 6.28. The average Bonchev–Trinajstić information content (AvgIpc) is 2.95. The lowest BCUT2D eigenvalue weighted by molar-refractivity contribution is 0.0862. The highest BCUT2D eigenvalue weighted by Crippen LogP contribution is 2.31. The molecule has 0 saturated carbocycles. The Labute approximate surface area is 115 Å². The van der Waals surface area contributed by atoms with Crippen molar-refractivity contribution < 1.29 is 9.90 Å². The lowest BCUT2D eigenvalue weighted by Gasteiger charge is -2.17. The minimum absolute atomic E-state index is 0.112. The molecule has 98 valence electrons. The first kappa shape index (κ1) is 12.4. The van der Waals surface area contributed by atoms with Crippen LogP contribution in [-0.4, -0.2) is 17.1 Å². The fourth-order valence-corrected chi connectivity index (χ4v) is 3.29. The summed E-state index contributed by atoms with van der Waals surface area (Å²) in [6.07, 6.45) is 0.0623. The number of hydrogen-bond donors (Lipinski definition) is 2. The van der Waals surface area contributed by atoms with E-state index in [0.717, 1.165) is 16.0 Å². The van der Waals surface area contributed by atoms with E-state index in [1.54, 1.807) is 0 Å². The van der Waals surface area contributed by atoms with E-state index >= 15 is 0 Å². The third-order valence-electron chi connectivity index (χ3n) is 3.45. The fraction of sp³-hybridized carbons (Fsp3) is 0.267. The average molecular weight is 273 g/mol. The second-order valence-electron chi connectivity index (χ2n) is 4.83. The Hall–Kier alpha value is -1.65. The molecule has 3 nitrogen and oxygen atoms in total. The number of thiophene rings is 1. The van der Waals surface area contributed by atoms with Crippen LogP contribution in [0, 0.1) is 6.92 Å². The molecule has 0 spiro atoms. The van der Waals surface area contributed by atoms with Crippen molar-refractivity contribution in [2.75, 3.05) is 0 Å². The maximum absolute atomic E-state index is 12.2. The second-order valence-corrected chi connectivity index (χ2v) is 6.12. The van der Waals surface area contributed by atoms with E-state index in [9.17, 15) is 9.90 Å². The van der Waals surface area contributed by atoms with Crippen molar-refractivity contribution in [3.05, 3.63) is 57.3 Å². The minimum Gasteiger partial charge on any atom is -0.390 e. The van der Waals surface area contributed by atoms with Gasteiger partial charge in [0.05, 0.1) is 17.0 Å². The lowest BCUT2D eigenvalue weighted by Crippen LogP contribution is -2.33. The number of aryl methyl sites for hydroxylation is 1. The van der Waals surface area contributed by atoms with Gasteiger partial charge in [-0.15, -0.1) is 11.3 Å². The van der Waals surface area contributed by atoms with Crippen molar-refractivity contribution in [1.82, 2.24) is 5.32 Å². The molecule has 2 atom stereocenters. The van der Waals surface area contributed by atoms with Crippen LogP contribution in [-0.2, 0) is 6.42 Å². The highest BCUT2D eigenvalue weighted by atomic mass is 32.1. The summed E-state index contributed by atoms with van der Waals surface area (Å²) in [7, 11) is 0. The number of amides is 1. The molecule has 0 radical (unpaired) electrons. The van der Waals surface area contributed by atoms with E-state index in [1.165, 1.54) is 11.3 Å². The highest BCUT2D eigenvalue weighted by molar-refractivity contribution is 7.13. The van der Waals surface area contributed by atoms with Gasteiger partial charge in [0.2, 0.25) is 0 Å². The van der Waals surface area contributed by atoms with Gasteiger partial charge in [0.15, 0.2) is 0 Å². The highest BCUT2D eigenvalue weighted by Gasteiger charge is 2.32. The Kier molecular flexibility index (Phi) is 3.12. The SMILES string of the molecule is Cc1ccc(C(=O)N[C@@H]2c3ccccc3C[C@@H]2O)s1. The van der Waals surface area contributed by atoms with E-state index in [-0.39, 0.29) is 11.9 Å². The van der Waals surface area contributed by atoms with Crippen LogP contribution in [0.25, 0.3) is 0 Å². The summed E-state index contributed by atoms with van der Waals surface area (Å²) in [6.45, 7) is 1.97. The maximum atomic E-state index is 12.2. The van der Waals surface area contributed by atoms with Crippen LogP contribution in [0.5, 0.6) is 0 Å². The Morgan fingerprint density at radius 3 is 2.84 bits per heavy atom. The van der Waals surface area contributed by atoms with Crippen LogP contribution in [0.3, 0.4) is 0 Å². The monoisotopic (exact) mass is 273 g/mol. The Balaban J connectivity index is 1.82. The molecule has 0 bridgehead atoms. The van der Waals surface area contributed by atoms with Gasteiger partial charge in [0.25, 0.3) is 5.91 Å². The summed E-state index contributed by atoms with van der Waals surface area (Å²) in [5.41, 5.74) is 2.14. The summed E-state index contributed by atoms with van der Waals surface area (Å²) in [4.78, 5) is 14.0. The number of carbonyl (C=O) groups excluding carboxylic acids is 1. The zero-order valence-corrected chi connectivity index (χ0v) is 11.4. The number of benzene rings is 1. The normalized spacial score (nSPS) is 21.2. The smallest absolute Gasteiger partial charge is 0.261 e. The number of hydrogen-bond acceptors (Lipinski definition) is 3. The van der Waals surface area contributed by atoms with Crippen molar-refractivity contribution in [1.29, 1.82) is 0 Å². The van der Waals surface area contributed by atoms with E-state index in [1.807, 2.05) is 43.3 Å². The van der Waals surface area contributed by atoms with Crippen LogP contribution in [0.4, 0.5) is 0 Å². The van der Waals surface area contributed by atoms with Crippen LogP contribution in [0.15, 0.2) is 36.4 Å². The number of aliphatic hydroxyl groups excluding tert-OH is 1. The third kappa shape index (κ3) is 2.29. The second kappa shape index (κ2) is 4.79. The molecule has 1 amide bonds. The largest absolute Gasteiger partial charge is 0.390 e. The number of nitrogens with one attached hydrogen (secondary N) is 1. The molecule has 4 heteroatoms. The van der Waals surface area contributed by atoms with Crippen LogP contribution >= 0.6 is 11.3 Å². The Morgan fingerprint density at radius 1 is 1.32 bits per heavy atom. The van der Waals surface area contributed by atoms with Gasteiger partial charge in [-0.05, 0) is 30.2 Å². The molecule has 0 saturated heterocycles. The summed E-state index contributed by atoms with van der Waals surface area (Å²) in [6, 6.07) is 11.3. The minimum atomic E-state index is -0.539. The first-order valence-corrected chi connectivity index (χ1v) is 7.10. The maximum Gasteiger partial charge on any atom is 0.261 e. The van der Waals surface area contributed by atoms with Gasteiger partial charge < -0.3 is 10.4 Å². The van der Waals surface area contributed by atoms with Crippen LogP contribution in [0.2, 0.25) is 0 Å². The van der Waals surface area contributed by atoms with Gasteiger partial charge in [0, 0.05) is 11.3 Å². The molecular formula is C15H15NO2S. The van der Waals surface area contributed by atoms with E-state index in [0.29, 0.717) is 11.3 Å². The summed E-state index contributed by atoms with van der Waals surface area (Å²) >= 11 is 1.47. The molecule has 1 aromatic carbocycles. The van der Waals surface area contributed by atoms with Gasteiger partial charge >= 0.3 is 0 Å². The zero-order chi connectivity index (χ0) is 13.4. The Morgan fingerprint density at radius 2 is 2.11 bits per heavy atom. The summed E-state index contributed by atoms with van der Waals surface area (Å²) in [5, 5.41) is 13.0. The van der Waals surface area contributed by atoms with Gasteiger partial charge in [-0.2, -0.15) is 0 Å². The van der Waals surface area contributed by atoms with Gasteiger partial charge in [-0.1, -0.05) is 24.3 Å². The third-order valence-corrected chi connectivity index (χ3v) is 4.45. The Bertz CT molecular complexity index is 620. The zero-order valence-electron chi connectivity index (χ0n) is 10.6. The quantitative estimate of drug-likeness (QED) is 0.883. The standard InChI is InChI=1S/C15H15NO2S/c1-9-6-7-13(19-9)15(18)16-14-11-5-3-2-4-10(11)8-12(14)17/h2-7,12,14,17H,8H2,1H3,(H,16,18)/t12-,14+/m0/s1. The van der Waals surface area contributed by atoms with Gasteiger partial charge in [0.1, 0.15) is 0 Å². The molecule has 1 heterocycles. The molecule has 0 aliphatic heterocycles. The summed E-state index contributed by atoms with van der Waals surface area (Å²) in [5.74, 6) is -0.112. The molecule has 3 rings (SSSR count). The number of aliphatic hydroxyl groups is 1. The number of rotatable bonds is 2. The van der Waals surface area contributed by atoms with Crippen molar-refractivity contribution in [2.24, 2.45) is 0 Å². The molecule has 0 fully saturated rings.